The molecule has 30 heavy (non-hydrogen) atoms. The van der Waals surface area contributed by atoms with Gasteiger partial charge in [-0.1, -0.05) is 0 Å². The molecule has 1 unspecified atom stereocenters. The molecule has 1 atom stereocenters. The number of benzene rings is 1. The molecule has 0 spiro atoms. The molecule has 0 saturated carbocycles. The van der Waals surface area contributed by atoms with Gasteiger partial charge in [-0.15, -0.1) is 0 Å². The van der Waals surface area contributed by atoms with Crippen molar-refractivity contribution in [3.63, 3.8) is 0 Å². The van der Waals surface area contributed by atoms with Crippen molar-refractivity contribution >= 4 is 28.3 Å². The maximum absolute atomic E-state index is 13.1. The lowest BCUT2D eigenvalue weighted by Gasteiger charge is -2.29. The average Bonchev–Trinajstić information content (AvgIpc) is 3.15. The summed E-state index contributed by atoms with van der Waals surface area (Å²) in [5.41, 5.74) is 2.75. The van der Waals surface area contributed by atoms with Gasteiger partial charge in [-0.3, -0.25) is 9.59 Å². The standard InChI is InChI=1S/C23H27N5O2/c1-15-12-21(29)26-20-9-8-16(13-19(15)20)25-23(30)18-7-4-10-24-22(18)28-11-5-6-17(28)14-27(2)3/h4,7-10,12-13,17H,5-6,11,14H2,1-3H3,(H,25,30)(H,26,29). The number of pyridine rings is 2. The summed E-state index contributed by atoms with van der Waals surface area (Å²) in [5, 5.41) is 3.91. The van der Waals surface area contributed by atoms with Gasteiger partial charge in [0, 0.05) is 48.0 Å². The van der Waals surface area contributed by atoms with Crippen LogP contribution in [0.1, 0.15) is 28.8 Å². The number of likely N-dealkylation sites (N-methyl/N-ethyl adjacent to an activating group) is 1. The average molecular weight is 406 g/mol. The molecule has 7 nitrogen and oxygen atoms in total. The summed E-state index contributed by atoms with van der Waals surface area (Å²) in [6, 6.07) is 11.0. The highest BCUT2D eigenvalue weighted by atomic mass is 16.1. The minimum Gasteiger partial charge on any atom is -0.352 e. The number of nitrogens with zero attached hydrogens (tertiary/aromatic N) is 3. The molecule has 0 aliphatic carbocycles. The Balaban J connectivity index is 1.62. The molecular weight excluding hydrogens is 378 g/mol. The van der Waals surface area contributed by atoms with Crippen molar-refractivity contribution in [3.8, 4) is 0 Å². The number of nitrogens with one attached hydrogen (secondary N) is 2. The second-order valence-electron chi connectivity index (χ2n) is 8.16. The lowest BCUT2D eigenvalue weighted by Crippen LogP contribution is -2.39. The molecule has 2 aromatic heterocycles. The molecule has 7 heteroatoms. The monoisotopic (exact) mass is 405 g/mol. The molecule has 3 heterocycles. The third-order valence-corrected chi connectivity index (χ3v) is 5.56. The van der Waals surface area contributed by atoms with Gasteiger partial charge in [0.15, 0.2) is 0 Å². The van der Waals surface area contributed by atoms with E-state index in [-0.39, 0.29) is 11.5 Å². The summed E-state index contributed by atoms with van der Waals surface area (Å²) >= 11 is 0. The molecule has 156 valence electrons. The van der Waals surface area contributed by atoms with Crippen LogP contribution in [0.2, 0.25) is 0 Å². The molecule has 4 rings (SSSR count). The van der Waals surface area contributed by atoms with Crippen molar-refractivity contribution in [2.24, 2.45) is 0 Å². The zero-order valence-electron chi connectivity index (χ0n) is 17.6. The second kappa shape index (κ2) is 8.28. The highest BCUT2D eigenvalue weighted by Crippen LogP contribution is 2.28. The third-order valence-electron chi connectivity index (χ3n) is 5.56. The SMILES string of the molecule is Cc1cc(=O)[nH]c2ccc(NC(=O)c3cccnc3N3CCCC3CN(C)C)cc12. The topological polar surface area (TPSA) is 81.3 Å². The molecule has 0 radical (unpaired) electrons. The van der Waals surface area contributed by atoms with Crippen molar-refractivity contribution in [3.05, 3.63) is 64.1 Å². The van der Waals surface area contributed by atoms with E-state index in [9.17, 15) is 9.59 Å². The maximum Gasteiger partial charge on any atom is 0.259 e. The first-order valence-corrected chi connectivity index (χ1v) is 10.2. The largest absolute Gasteiger partial charge is 0.352 e. The molecule has 0 bridgehead atoms. The van der Waals surface area contributed by atoms with E-state index in [4.69, 9.17) is 0 Å². The highest BCUT2D eigenvalue weighted by molar-refractivity contribution is 6.08. The molecule has 1 aliphatic rings. The Bertz CT molecular complexity index is 1140. The predicted octanol–water partition coefficient (Wildman–Crippen LogP) is 3.01. The molecular formula is C23H27N5O2. The fourth-order valence-electron chi connectivity index (χ4n) is 4.23. The Morgan fingerprint density at radius 3 is 2.93 bits per heavy atom. The van der Waals surface area contributed by atoms with Crippen LogP contribution in [0, 0.1) is 6.92 Å². The van der Waals surface area contributed by atoms with Gasteiger partial charge < -0.3 is 20.1 Å². The van der Waals surface area contributed by atoms with E-state index in [1.807, 2.05) is 25.1 Å². The fraction of sp³-hybridized carbons (Fsp3) is 0.348. The first-order valence-electron chi connectivity index (χ1n) is 10.2. The number of aromatic nitrogens is 2. The molecule has 1 amide bonds. The number of amides is 1. The molecule has 2 N–H and O–H groups in total. The van der Waals surface area contributed by atoms with Crippen molar-refractivity contribution < 1.29 is 4.79 Å². The van der Waals surface area contributed by atoms with Crippen molar-refractivity contribution in [1.29, 1.82) is 0 Å². The van der Waals surface area contributed by atoms with E-state index in [2.05, 4.69) is 39.2 Å². The lowest BCUT2D eigenvalue weighted by molar-refractivity contribution is 0.102. The van der Waals surface area contributed by atoms with Gasteiger partial charge in [-0.2, -0.15) is 0 Å². The van der Waals surface area contributed by atoms with Gasteiger partial charge in [0.05, 0.1) is 5.56 Å². The van der Waals surface area contributed by atoms with Crippen LogP contribution in [0.15, 0.2) is 47.4 Å². The Hall–Kier alpha value is -3.19. The summed E-state index contributed by atoms with van der Waals surface area (Å²) < 4.78 is 0. The number of fused-ring (bicyclic) bond motifs is 1. The van der Waals surface area contributed by atoms with E-state index in [1.165, 1.54) is 0 Å². The van der Waals surface area contributed by atoms with Gasteiger partial charge in [-0.05, 0) is 69.8 Å². The van der Waals surface area contributed by atoms with E-state index in [0.717, 1.165) is 48.2 Å². The molecule has 1 aromatic carbocycles. The number of carbonyl (C=O) groups excluding carboxylic acids is 1. The molecule has 3 aromatic rings. The lowest BCUT2D eigenvalue weighted by atomic mass is 10.1. The number of aromatic amines is 1. The first-order chi connectivity index (χ1) is 14.4. The zero-order chi connectivity index (χ0) is 21.3. The van der Waals surface area contributed by atoms with Crippen LogP contribution in [0.25, 0.3) is 10.9 Å². The van der Waals surface area contributed by atoms with E-state index in [0.29, 0.717) is 17.3 Å². The van der Waals surface area contributed by atoms with E-state index in [1.54, 1.807) is 24.4 Å². The normalized spacial score (nSPS) is 16.4. The number of hydrogen-bond acceptors (Lipinski definition) is 5. The summed E-state index contributed by atoms with van der Waals surface area (Å²) in [4.78, 5) is 36.6. The maximum atomic E-state index is 13.1. The van der Waals surface area contributed by atoms with Gasteiger partial charge in [0.1, 0.15) is 5.82 Å². The Labute approximate surface area is 175 Å². The predicted molar refractivity (Wildman–Crippen MR) is 120 cm³/mol. The highest BCUT2D eigenvalue weighted by Gasteiger charge is 2.29. The van der Waals surface area contributed by atoms with Crippen molar-refractivity contribution in [1.82, 2.24) is 14.9 Å². The zero-order valence-corrected chi connectivity index (χ0v) is 17.6. The minimum atomic E-state index is -0.185. The third kappa shape index (κ3) is 4.07. The number of carbonyl (C=O) groups is 1. The smallest absolute Gasteiger partial charge is 0.259 e. The molecule has 1 fully saturated rings. The Morgan fingerprint density at radius 2 is 2.13 bits per heavy atom. The van der Waals surface area contributed by atoms with Gasteiger partial charge in [0.25, 0.3) is 5.91 Å². The van der Waals surface area contributed by atoms with Gasteiger partial charge >= 0.3 is 0 Å². The van der Waals surface area contributed by atoms with Crippen LogP contribution in [-0.2, 0) is 0 Å². The summed E-state index contributed by atoms with van der Waals surface area (Å²) in [7, 11) is 4.13. The summed E-state index contributed by atoms with van der Waals surface area (Å²) in [5.74, 6) is 0.552. The quantitative estimate of drug-likeness (QED) is 0.682. The van der Waals surface area contributed by atoms with Gasteiger partial charge in [-0.25, -0.2) is 4.98 Å². The van der Waals surface area contributed by atoms with Crippen LogP contribution in [0.4, 0.5) is 11.5 Å². The van der Waals surface area contributed by atoms with Gasteiger partial charge in [0.2, 0.25) is 5.56 Å². The summed E-state index contributed by atoms with van der Waals surface area (Å²) in [6.07, 6.45) is 3.93. The van der Waals surface area contributed by atoms with E-state index >= 15 is 0 Å². The van der Waals surface area contributed by atoms with Crippen LogP contribution in [0.5, 0.6) is 0 Å². The minimum absolute atomic E-state index is 0.130. The number of hydrogen-bond donors (Lipinski definition) is 2. The second-order valence-corrected chi connectivity index (χ2v) is 8.16. The van der Waals surface area contributed by atoms with Crippen LogP contribution in [-0.4, -0.2) is 54.0 Å². The van der Waals surface area contributed by atoms with Crippen LogP contribution in [0.3, 0.4) is 0 Å². The number of aryl methyl sites for hydroxylation is 1. The van der Waals surface area contributed by atoms with E-state index < -0.39 is 0 Å². The number of rotatable bonds is 5. The first kappa shape index (κ1) is 20.1. The fourth-order valence-corrected chi connectivity index (χ4v) is 4.23. The van der Waals surface area contributed by atoms with Crippen molar-refractivity contribution in [2.75, 3.05) is 37.4 Å². The molecule has 1 aliphatic heterocycles. The number of H-pyrrole nitrogens is 1. The summed E-state index contributed by atoms with van der Waals surface area (Å²) in [6.45, 7) is 3.72. The Morgan fingerprint density at radius 1 is 1.30 bits per heavy atom. The molecule has 1 saturated heterocycles. The number of anilines is 2. The van der Waals surface area contributed by atoms with Crippen LogP contribution < -0.4 is 15.8 Å². The van der Waals surface area contributed by atoms with Crippen molar-refractivity contribution in [2.45, 2.75) is 25.8 Å². The van der Waals surface area contributed by atoms with Crippen LogP contribution >= 0.6 is 0 Å². The Kier molecular flexibility index (Phi) is 5.55.